The molecule has 0 bridgehead atoms. The molecule has 1 aromatic heterocycles. The summed E-state index contributed by atoms with van der Waals surface area (Å²) in [6.07, 6.45) is -4.47. The Bertz CT molecular complexity index is 652. The van der Waals surface area contributed by atoms with Crippen molar-refractivity contribution in [2.24, 2.45) is 0 Å². The standard InChI is InChI=1S/C12H7BrF3NO3/c13-7-2-1-6(12(14,15)16)5-8(7)17-10-4-3-9(20-10)11(18)19/h1-5,17H,(H,18,19). The highest BCUT2D eigenvalue weighted by Crippen LogP contribution is 2.35. The third-order valence-electron chi connectivity index (χ3n) is 2.37. The smallest absolute Gasteiger partial charge is 0.416 e. The maximum atomic E-state index is 12.6. The minimum absolute atomic E-state index is 0.0300. The molecule has 2 rings (SSSR count). The lowest BCUT2D eigenvalue weighted by molar-refractivity contribution is -0.137. The molecule has 0 unspecified atom stereocenters. The Morgan fingerprint density at radius 3 is 2.50 bits per heavy atom. The van der Waals surface area contributed by atoms with Crippen LogP contribution in [0.3, 0.4) is 0 Å². The SMILES string of the molecule is O=C(O)c1ccc(Nc2cc(C(F)(F)F)ccc2Br)o1. The van der Waals surface area contributed by atoms with Crippen LogP contribution < -0.4 is 5.32 Å². The number of carboxylic acids is 1. The van der Waals surface area contributed by atoms with Crippen molar-refractivity contribution in [2.75, 3.05) is 5.32 Å². The van der Waals surface area contributed by atoms with Gasteiger partial charge in [0.1, 0.15) is 0 Å². The third-order valence-corrected chi connectivity index (χ3v) is 3.06. The highest BCUT2D eigenvalue weighted by atomic mass is 79.9. The number of hydrogen-bond acceptors (Lipinski definition) is 3. The van der Waals surface area contributed by atoms with E-state index >= 15 is 0 Å². The minimum Gasteiger partial charge on any atom is -0.475 e. The molecule has 2 N–H and O–H groups in total. The first-order valence-electron chi connectivity index (χ1n) is 5.24. The predicted molar refractivity (Wildman–Crippen MR) is 68.1 cm³/mol. The first kappa shape index (κ1) is 14.4. The fourth-order valence-corrected chi connectivity index (χ4v) is 1.80. The highest BCUT2D eigenvalue weighted by Gasteiger charge is 2.31. The van der Waals surface area contributed by atoms with E-state index in [1.165, 1.54) is 18.2 Å². The van der Waals surface area contributed by atoms with Crippen molar-refractivity contribution in [3.8, 4) is 0 Å². The lowest BCUT2D eigenvalue weighted by Crippen LogP contribution is -2.05. The Morgan fingerprint density at radius 2 is 1.95 bits per heavy atom. The van der Waals surface area contributed by atoms with Crippen LogP contribution >= 0.6 is 15.9 Å². The Labute approximate surface area is 119 Å². The van der Waals surface area contributed by atoms with Crippen molar-refractivity contribution in [1.29, 1.82) is 0 Å². The highest BCUT2D eigenvalue weighted by molar-refractivity contribution is 9.10. The first-order valence-corrected chi connectivity index (χ1v) is 6.03. The number of anilines is 2. The number of aromatic carboxylic acids is 1. The number of carbonyl (C=O) groups is 1. The van der Waals surface area contributed by atoms with Crippen LogP contribution in [-0.4, -0.2) is 11.1 Å². The lowest BCUT2D eigenvalue weighted by atomic mass is 10.2. The summed E-state index contributed by atoms with van der Waals surface area (Å²) in [6.45, 7) is 0. The number of nitrogens with one attached hydrogen (secondary N) is 1. The molecule has 0 atom stereocenters. The van der Waals surface area contributed by atoms with Gasteiger partial charge in [0.05, 0.1) is 11.3 Å². The molecular weight excluding hydrogens is 343 g/mol. The molecule has 0 aliphatic heterocycles. The van der Waals surface area contributed by atoms with Gasteiger partial charge in [-0.2, -0.15) is 13.2 Å². The number of alkyl halides is 3. The summed E-state index contributed by atoms with van der Waals surface area (Å²) in [5, 5.41) is 11.3. The van der Waals surface area contributed by atoms with Gasteiger partial charge in [0, 0.05) is 10.5 Å². The van der Waals surface area contributed by atoms with Crippen LogP contribution in [-0.2, 0) is 6.18 Å². The van der Waals surface area contributed by atoms with E-state index in [9.17, 15) is 18.0 Å². The molecule has 0 spiro atoms. The van der Waals surface area contributed by atoms with Gasteiger partial charge >= 0.3 is 12.1 Å². The number of halogens is 4. The molecule has 106 valence electrons. The van der Waals surface area contributed by atoms with Crippen molar-refractivity contribution in [3.63, 3.8) is 0 Å². The van der Waals surface area contributed by atoms with Crippen LogP contribution in [0.25, 0.3) is 0 Å². The molecular formula is C12H7BrF3NO3. The summed E-state index contributed by atoms with van der Waals surface area (Å²) in [4.78, 5) is 10.6. The molecule has 0 amide bonds. The van der Waals surface area contributed by atoms with Crippen LogP contribution in [0.5, 0.6) is 0 Å². The van der Waals surface area contributed by atoms with Gasteiger partial charge in [-0.05, 0) is 40.2 Å². The largest absolute Gasteiger partial charge is 0.475 e. The summed E-state index contributed by atoms with van der Waals surface area (Å²) in [5.74, 6) is -1.54. The Morgan fingerprint density at radius 1 is 1.25 bits per heavy atom. The topological polar surface area (TPSA) is 62.5 Å². The van der Waals surface area contributed by atoms with Gasteiger partial charge < -0.3 is 14.8 Å². The number of carboxylic acid groups (broad SMARTS) is 1. The van der Waals surface area contributed by atoms with Gasteiger partial charge in [-0.3, -0.25) is 0 Å². The summed E-state index contributed by atoms with van der Waals surface area (Å²) in [5.41, 5.74) is -0.709. The van der Waals surface area contributed by atoms with E-state index in [4.69, 9.17) is 9.52 Å². The average Bonchev–Trinajstić information content (AvgIpc) is 2.79. The van der Waals surface area contributed by atoms with E-state index < -0.39 is 17.7 Å². The second-order valence-corrected chi connectivity index (χ2v) is 4.64. The Kier molecular flexibility index (Phi) is 3.76. The number of furan rings is 1. The zero-order chi connectivity index (χ0) is 14.9. The van der Waals surface area contributed by atoms with Crippen LogP contribution in [0, 0.1) is 0 Å². The minimum atomic E-state index is -4.47. The van der Waals surface area contributed by atoms with E-state index in [2.05, 4.69) is 21.2 Å². The zero-order valence-electron chi connectivity index (χ0n) is 9.66. The van der Waals surface area contributed by atoms with Crippen LogP contribution in [0.4, 0.5) is 24.7 Å². The van der Waals surface area contributed by atoms with Crippen LogP contribution in [0.2, 0.25) is 0 Å². The molecule has 0 fully saturated rings. The molecule has 0 aliphatic carbocycles. The quantitative estimate of drug-likeness (QED) is 0.856. The molecule has 0 aliphatic rings. The normalized spacial score (nSPS) is 11.4. The number of hydrogen-bond donors (Lipinski definition) is 2. The third kappa shape index (κ3) is 3.13. The molecule has 0 radical (unpaired) electrons. The Hall–Kier alpha value is -1.96. The van der Waals surface area contributed by atoms with Gasteiger partial charge in [0.2, 0.25) is 5.76 Å². The fourth-order valence-electron chi connectivity index (χ4n) is 1.45. The fraction of sp³-hybridized carbons (Fsp3) is 0.0833. The first-order chi connectivity index (χ1) is 9.27. The van der Waals surface area contributed by atoms with E-state index in [-0.39, 0.29) is 17.3 Å². The number of benzene rings is 1. The van der Waals surface area contributed by atoms with Gasteiger partial charge in [0.25, 0.3) is 0 Å². The summed E-state index contributed by atoms with van der Waals surface area (Å²) >= 11 is 3.10. The summed E-state index contributed by atoms with van der Waals surface area (Å²) in [6, 6.07) is 5.58. The van der Waals surface area contributed by atoms with Crippen LogP contribution in [0.15, 0.2) is 39.2 Å². The monoisotopic (exact) mass is 349 g/mol. The second kappa shape index (κ2) is 5.20. The van der Waals surface area contributed by atoms with Crippen molar-refractivity contribution >= 4 is 33.5 Å². The molecule has 1 heterocycles. The maximum Gasteiger partial charge on any atom is 0.416 e. The average molecular weight is 350 g/mol. The van der Waals surface area contributed by atoms with E-state index in [0.717, 1.165) is 12.1 Å². The molecule has 0 saturated carbocycles. The van der Waals surface area contributed by atoms with Crippen molar-refractivity contribution < 1.29 is 27.5 Å². The molecule has 4 nitrogen and oxygen atoms in total. The molecule has 0 saturated heterocycles. The maximum absolute atomic E-state index is 12.6. The lowest BCUT2D eigenvalue weighted by Gasteiger charge is -2.11. The molecule has 1 aromatic carbocycles. The van der Waals surface area contributed by atoms with Crippen LogP contribution in [0.1, 0.15) is 16.1 Å². The zero-order valence-corrected chi connectivity index (χ0v) is 11.2. The molecule has 8 heteroatoms. The number of rotatable bonds is 3. The Balaban J connectivity index is 2.30. The van der Waals surface area contributed by atoms with Gasteiger partial charge in [-0.15, -0.1) is 0 Å². The van der Waals surface area contributed by atoms with E-state index in [1.54, 1.807) is 0 Å². The van der Waals surface area contributed by atoms with E-state index in [0.29, 0.717) is 4.47 Å². The van der Waals surface area contributed by atoms with E-state index in [1.807, 2.05) is 0 Å². The molecule has 20 heavy (non-hydrogen) atoms. The summed E-state index contributed by atoms with van der Waals surface area (Å²) < 4.78 is 43.1. The summed E-state index contributed by atoms with van der Waals surface area (Å²) in [7, 11) is 0. The van der Waals surface area contributed by atoms with Crippen molar-refractivity contribution in [3.05, 3.63) is 46.1 Å². The van der Waals surface area contributed by atoms with Gasteiger partial charge in [-0.1, -0.05) is 0 Å². The van der Waals surface area contributed by atoms with Gasteiger partial charge in [-0.25, -0.2) is 4.79 Å². The molecule has 2 aromatic rings. The van der Waals surface area contributed by atoms with Crippen molar-refractivity contribution in [1.82, 2.24) is 0 Å². The van der Waals surface area contributed by atoms with Crippen molar-refractivity contribution in [2.45, 2.75) is 6.18 Å². The van der Waals surface area contributed by atoms with Gasteiger partial charge in [0.15, 0.2) is 5.88 Å². The second-order valence-electron chi connectivity index (χ2n) is 3.79. The predicted octanol–water partition coefficient (Wildman–Crippen LogP) is 4.50.